The molecule has 3 nitrogen and oxygen atoms in total. The SMILES string of the molecule is [N-]=[N+]=Nc1ccc(Cl)cc1C1SCCCS1. The smallest absolute Gasteiger partial charge is 0.0756 e. The van der Waals surface area contributed by atoms with E-state index in [1.165, 1.54) is 6.42 Å². The lowest BCUT2D eigenvalue weighted by atomic mass is 10.2. The largest absolute Gasteiger partial charge is 0.143 e. The van der Waals surface area contributed by atoms with Crippen LogP contribution >= 0.6 is 35.1 Å². The molecule has 84 valence electrons. The molecule has 0 aromatic heterocycles. The van der Waals surface area contributed by atoms with Crippen LogP contribution in [0.3, 0.4) is 0 Å². The fourth-order valence-electron chi connectivity index (χ4n) is 1.52. The van der Waals surface area contributed by atoms with E-state index in [1.807, 2.05) is 29.6 Å². The minimum atomic E-state index is 0.341. The van der Waals surface area contributed by atoms with Crippen molar-refractivity contribution in [3.63, 3.8) is 0 Å². The molecule has 16 heavy (non-hydrogen) atoms. The van der Waals surface area contributed by atoms with E-state index in [9.17, 15) is 0 Å². The van der Waals surface area contributed by atoms with Crippen LogP contribution in [0.25, 0.3) is 10.4 Å². The average molecular weight is 272 g/mol. The number of rotatable bonds is 2. The third-order valence-corrected chi connectivity index (χ3v) is 5.44. The molecule has 6 heteroatoms. The molecular formula is C10H10ClN3S2. The van der Waals surface area contributed by atoms with Crippen molar-refractivity contribution in [3.8, 4) is 0 Å². The number of hydrogen-bond donors (Lipinski definition) is 0. The molecule has 0 unspecified atom stereocenters. The molecule has 0 spiro atoms. The molecule has 1 saturated heterocycles. The van der Waals surface area contributed by atoms with Gasteiger partial charge in [-0.05, 0) is 41.2 Å². The first-order valence-electron chi connectivity index (χ1n) is 4.89. The number of nitrogens with zero attached hydrogens (tertiary/aromatic N) is 3. The van der Waals surface area contributed by atoms with E-state index < -0.39 is 0 Å². The topological polar surface area (TPSA) is 48.8 Å². The van der Waals surface area contributed by atoms with Gasteiger partial charge in [-0.25, -0.2) is 0 Å². The molecule has 0 bridgehead atoms. The lowest BCUT2D eigenvalue weighted by Gasteiger charge is -2.22. The lowest BCUT2D eigenvalue weighted by molar-refractivity contribution is 1.10. The third-order valence-electron chi connectivity index (χ3n) is 2.22. The first kappa shape index (κ1) is 12.0. The van der Waals surface area contributed by atoms with Gasteiger partial charge in [-0.15, -0.1) is 23.5 Å². The van der Waals surface area contributed by atoms with Crippen molar-refractivity contribution < 1.29 is 0 Å². The van der Waals surface area contributed by atoms with Crippen LogP contribution in [0, 0.1) is 0 Å². The molecule has 1 aliphatic rings. The van der Waals surface area contributed by atoms with Gasteiger partial charge in [-0.3, -0.25) is 0 Å². The maximum absolute atomic E-state index is 8.52. The van der Waals surface area contributed by atoms with Crippen LogP contribution in [0.2, 0.25) is 5.02 Å². The van der Waals surface area contributed by atoms with Crippen LogP contribution in [-0.4, -0.2) is 11.5 Å². The summed E-state index contributed by atoms with van der Waals surface area (Å²) in [7, 11) is 0. The van der Waals surface area contributed by atoms with Crippen molar-refractivity contribution in [2.75, 3.05) is 11.5 Å². The predicted molar refractivity (Wildman–Crippen MR) is 72.5 cm³/mol. The average Bonchev–Trinajstić information content (AvgIpc) is 2.33. The van der Waals surface area contributed by atoms with Gasteiger partial charge >= 0.3 is 0 Å². The van der Waals surface area contributed by atoms with Crippen molar-refractivity contribution in [2.24, 2.45) is 5.11 Å². The highest BCUT2D eigenvalue weighted by Crippen LogP contribution is 2.47. The summed E-state index contributed by atoms with van der Waals surface area (Å²) in [4.78, 5) is 2.85. The molecule has 0 amide bonds. The Morgan fingerprint density at radius 1 is 1.38 bits per heavy atom. The molecule has 1 fully saturated rings. The third kappa shape index (κ3) is 2.80. The lowest BCUT2D eigenvalue weighted by Crippen LogP contribution is -2.00. The number of hydrogen-bond acceptors (Lipinski definition) is 3. The van der Waals surface area contributed by atoms with E-state index in [0.29, 0.717) is 15.3 Å². The molecule has 1 aromatic rings. The quantitative estimate of drug-likeness (QED) is 0.424. The maximum atomic E-state index is 8.52. The zero-order valence-corrected chi connectivity index (χ0v) is 10.9. The van der Waals surface area contributed by atoms with E-state index in [4.69, 9.17) is 17.1 Å². The van der Waals surface area contributed by atoms with Gasteiger partial charge in [-0.2, -0.15) is 0 Å². The van der Waals surface area contributed by atoms with Crippen molar-refractivity contribution in [3.05, 3.63) is 39.2 Å². The number of halogens is 1. The molecule has 0 N–H and O–H groups in total. The predicted octanol–water partition coefficient (Wildman–Crippen LogP) is 5.15. The van der Waals surface area contributed by atoms with Crippen LogP contribution in [-0.2, 0) is 0 Å². The summed E-state index contributed by atoms with van der Waals surface area (Å²) < 4.78 is 0.341. The minimum absolute atomic E-state index is 0.341. The van der Waals surface area contributed by atoms with Gasteiger partial charge in [0, 0.05) is 15.6 Å². The summed E-state index contributed by atoms with van der Waals surface area (Å²) in [5.74, 6) is 2.31. The summed E-state index contributed by atoms with van der Waals surface area (Å²) in [6.07, 6.45) is 1.24. The standard InChI is InChI=1S/C10H10ClN3S2/c11-7-2-3-9(13-14-12)8(6-7)10-15-4-1-5-16-10/h2-3,6,10H,1,4-5H2. The molecule has 1 aliphatic heterocycles. The monoisotopic (exact) mass is 271 g/mol. The molecule has 0 saturated carbocycles. The summed E-state index contributed by atoms with van der Waals surface area (Å²) >= 11 is 9.76. The van der Waals surface area contributed by atoms with Crippen molar-refractivity contribution in [1.29, 1.82) is 0 Å². The molecule has 2 rings (SSSR count). The first-order valence-corrected chi connectivity index (χ1v) is 7.36. The van der Waals surface area contributed by atoms with Gasteiger partial charge in [0.05, 0.1) is 4.58 Å². The molecule has 0 aliphatic carbocycles. The van der Waals surface area contributed by atoms with E-state index >= 15 is 0 Å². The van der Waals surface area contributed by atoms with Crippen molar-refractivity contribution >= 4 is 40.8 Å². The first-order chi connectivity index (χ1) is 7.81. The van der Waals surface area contributed by atoms with Gasteiger partial charge in [0.25, 0.3) is 0 Å². The van der Waals surface area contributed by atoms with E-state index in [-0.39, 0.29) is 0 Å². The normalized spacial score (nSPS) is 16.8. The van der Waals surface area contributed by atoms with Crippen LogP contribution < -0.4 is 0 Å². The van der Waals surface area contributed by atoms with Crippen molar-refractivity contribution in [2.45, 2.75) is 11.0 Å². The zero-order valence-electron chi connectivity index (χ0n) is 8.47. The van der Waals surface area contributed by atoms with Crippen LogP contribution in [0.5, 0.6) is 0 Å². The summed E-state index contributed by atoms with van der Waals surface area (Å²) in [5, 5.41) is 4.41. The number of thioether (sulfide) groups is 2. The second-order valence-electron chi connectivity index (χ2n) is 3.32. The van der Waals surface area contributed by atoms with E-state index in [0.717, 1.165) is 17.1 Å². The molecule has 0 atom stereocenters. The molecule has 1 heterocycles. The highest BCUT2D eigenvalue weighted by molar-refractivity contribution is 8.16. The zero-order chi connectivity index (χ0) is 11.4. The maximum Gasteiger partial charge on any atom is 0.0756 e. The van der Waals surface area contributed by atoms with E-state index in [1.54, 1.807) is 12.1 Å². The van der Waals surface area contributed by atoms with Gasteiger partial charge < -0.3 is 0 Å². The minimum Gasteiger partial charge on any atom is -0.143 e. The second-order valence-corrected chi connectivity index (χ2v) is 6.48. The highest BCUT2D eigenvalue weighted by Gasteiger charge is 2.19. The highest BCUT2D eigenvalue weighted by atomic mass is 35.5. The van der Waals surface area contributed by atoms with Crippen LogP contribution in [0.15, 0.2) is 23.3 Å². The summed E-state index contributed by atoms with van der Waals surface area (Å²) in [6.45, 7) is 0. The second kappa shape index (κ2) is 5.73. The summed E-state index contributed by atoms with van der Waals surface area (Å²) in [6, 6.07) is 5.45. The van der Waals surface area contributed by atoms with Gasteiger partial charge in [0.1, 0.15) is 0 Å². The Labute approximate surface area is 108 Å². The molecule has 1 aromatic carbocycles. The Bertz CT molecular complexity index is 426. The van der Waals surface area contributed by atoms with Crippen LogP contribution in [0.4, 0.5) is 5.69 Å². The van der Waals surface area contributed by atoms with Gasteiger partial charge in [-0.1, -0.05) is 22.8 Å². The van der Waals surface area contributed by atoms with Gasteiger partial charge in [0.2, 0.25) is 0 Å². The molecule has 0 radical (unpaired) electrons. The fraction of sp³-hybridized carbons (Fsp3) is 0.400. The van der Waals surface area contributed by atoms with Crippen LogP contribution in [0.1, 0.15) is 16.6 Å². The Morgan fingerprint density at radius 3 is 2.81 bits per heavy atom. The van der Waals surface area contributed by atoms with Crippen molar-refractivity contribution in [1.82, 2.24) is 0 Å². The Hall–Kier alpha value is -0.480. The summed E-state index contributed by atoms with van der Waals surface area (Å²) in [5.41, 5.74) is 10.3. The number of azide groups is 1. The van der Waals surface area contributed by atoms with Gasteiger partial charge in [0.15, 0.2) is 0 Å². The molecular weight excluding hydrogens is 262 g/mol. The Kier molecular flexibility index (Phi) is 4.29. The van der Waals surface area contributed by atoms with E-state index in [2.05, 4.69) is 10.0 Å². The Balaban J connectivity index is 2.35. The number of benzene rings is 1. The Morgan fingerprint density at radius 2 is 2.12 bits per heavy atom. The fourth-order valence-corrected chi connectivity index (χ4v) is 4.63.